The number of carbonyl (C=O) groups is 1. The number of benzene rings is 1. The van der Waals surface area contributed by atoms with Crippen LogP contribution in [0.3, 0.4) is 0 Å². The summed E-state index contributed by atoms with van der Waals surface area (Å²) in [5.41, 5.74) is 2.39. The Balaban J connectivity index is 1.88. The first kappa shape index (κ1) is 13.2. The molecule has 2 aromatic rings. The van der Waals surface area contributed by atoms with E-state index in [9.17, 15) is 4.79 Å². The quantitative estimate of drug-likeness (QED) is 0.923. The number of para-hydroxylation sites is 1. The van der Waals surface area contributed by atoms with Crippen LogP contribution in [0.15, 0.2) is 30.5 Å². The summed E-state index contributed by atoms with van der Waals surface area (Å²) in [4.78, 5) is 14.3. The summed E-state index contributed by atoms with van der Waals surface area (Å²) < 4.78 is 2.09. The molecule has 1 amide bonds. The molecule has 3 rings (SSSR count). The molecule has 1 saturated heterocycles. The number of nitrogens with one attached hydrogen (secondary N) is 1. The summed E-state index contributed by atoms with van der Waals surface area (Å²) in [5.74, 6) is 0.235. The highest BCUT2D eigenvalue weighted by Crippen LogP contribution is 2.21. The van der Waals surface area contributed by atoms with Gasteiger partial charge in [-0.15, -0.1) is 0 Å². The highest BCUT2D eigenvalue weighted by atomic mass is 16.2. The van der Waals surface area contributed by atoms with Crippen molar-refractivity contribution in [2.45, 2.75) is 25.9 Å². The molecule has 2 heterocycles. The van der Waals surface area contributed by atoms with Crippen LogP contribution in [-0.4, -0.2) is 35.5 Å². The van der Waals surface area contributed by atoms with E-state index in [1.54, 1.807) is 0 Å². The molecule has 1 aromatic carbocycles. The van der Waals surface area contributed by atoms with Gasteiger partial charge >= 0.3 is 0 Å². The first-order valence-corrected chi connectivity index (χ1v) is 7.28. The molecule has 20 heavy (non-hydrogen) atoms. The lowest BCUT2D eigenvalue weighted by Gasteiger charge is -2.16. The van der Waals surface area contributed by atoms with Gasteiger partial charge in [-0.3, -0.25) is 4.79 Å². The van der Waals surface area contributed by atoms with Gasteiger partial charge in [-0.25, -0.2) is 0 Å². The van der Waals surface area contributed by atoms with Gasteiger partial charge in [-0.1, -0.05) is 18.2 Å². The van der Waals surface area contributed by atoms with E-state index in [4.69, 9.17) is 0 Å². The molecule has 4 heteroatoms. The number of aromatic nitrogens is 1. The average Bonchev–Trinajstić information content (AvgIpc) is 3.09. The standard InChI is InChI=1S/C16H21N3O/c1-17-10-13-11-19(15-7-3-2-6-14(13)15)12-16(20)18-8-4-5-9-18/h2-3,6-7,11,17H,4-5,8-10,12H2,1H3. The molecule has 1 N–H and O–H groups in total. The van der Waals surface area contributed by atoms with Crippen LogP contribution >= 0.6 is 0 Å². The molecule has 1 fully saturated rings. The van der Waals surface area contributed by atoms with E-state index in [-0.39, 0.29) is 5.91 Å². The Morgan fingerprint density at radius 3 is 2.75 bits per heavy atom. The fraction of sp³-hybridized carbons (Fsp3) is 0.438. The fourth-order valence-corrected chi connectivity index (χ4v) is 3.00. The van der Waals surface area contributed by atoms with E-state index >= 15 is 0 Å². The minimum atomic E-state index is 0.235. The predicted octanol–water partition coefficient (Wildman–Crippen LogP) is 1.98. The van der Waals surface area contributed by atoms with E-state index in [0.717, 1.165) is 38.0 Å². The van der Waals surface area contributed by atoms with Gasteiger partial charge in [0.1, 0.15) is 6.54 Å². The maximum absolute atomic E-state index is 12.3. The summed E-state index contributed by atoms with van der Waals surface area (Å²) in [6.45, 7) is 3.11. The summed E-state index contributed by atoms with van der Waals surface area (Å²) >= 11 is 0. The third-order valence-electron chi connectivity index (χ3n) is 4.00. The van der Waals surface area contributed by atoms with Crippen LogP contribution in [0, 0.1) is 0 Å². The molecular formula is C16H21N3O. The summed E-state index contributed by atoms with van der Waals surface area (Å²) in [6, 6.07) is 8.29. The molecule has 0 radical (unpaired) electrons. The number of carbonyl (C=O) groups excluding carboxylic acids is 1. The van der Waals surface area contributed by atoms with Crippen molar-refractivity contribution in [1.29, 1.82) is 0 Å². The molecule has 106 valence electrons. The van der Waals surface area contributed by atoms with Crippen molar-refractivity contribution in [2.24, 2.45) is 0 Å². The zero-order valence-corrected chi connectivity index (χ0v) is 11.9. The van der Waals surface area contributed by atoms with E-state index in [0.29, 0.717) is 6.54 Å². The minimum Gasteiger partial charge on any atom is -0.341 e. The largest absolute Gasteiger partial charge is 0.341 e. The van der Waals surface area contributed by atoms with Crippen molar-refractivity contribution in [3.8, 4) is 0 Å². The normalized spacial score (nSPS) is 15.2. The van der Waals surface area contributed by atoms with Gasteiger partial charge in [0, 0.05) is 36.7 Å². The van der Waals surface area contributed by atoms with Crippen LogP contribution < -0.4 is 5.32 Å². The van der Waals surface area contributed by atoms with E-state index in [1.165, 1.54) is 10.9 Å². The molecule has 0 unspecified atom stereocenters. The SMILES string of the molecule is CNCc1cn(CC(=O)N2CCCC2)c2ccccc12. The third-order valence-corrected chi connectivity index (χ3v) is 4.00. The molecule has 0 atom stereocenters. The second kappa shape index (κ2) is 5.67. The van der Waals surface area contributed by atoms with Gasteiger partial charge in [0.15, 0.2) is 0 Å². The topological polar surface area (TPSA) is 37.3 Å². The number of hydrogen-bond acceptors (Lipinski definition) is 2. The molecule has 1 aliphatic rings. The first-order valence-electron chi connectivity index (χ1n) is 7.28. The Labute approximate surface area is 119 Å². The van der Waals surface area contributed by atoms with Crippen LogP contribution in [0.2, 0.25) is 0 Å². The zero-order chi connectivity index (χ0) is 13.9. The van der Waals surface area contributed by atoms with E-state index in [1.807, 2.05) is 24.1 Å². The Hall–Kier alpha value is -1.81. The third kappa shape index (κ3) is 2.43. The van der Waals surface area contributed by atoms with Crippen molar-refractivity contribution < 1.29 is 4.79 Å². The highest BCUT2D eigenvalue weighted by Gasteiger charge is 2.19. The minimum absolute atomic E-state index is 0.235. The second-order valence-corrected chi connectivity index (χ2v) is 5.42. The van der Waals surface area contributed by atoms with Gasteiger partial charge in [0.05, 0.1) is 0 Å². The fourth-order valence-electron chi connectivity index (χ4n) is 3.00. The van der Waals surface area contributed by atoms with Crippen molar-refractivity contribution in [1.82, 2.24) is 14.8 Å². The zero-order valence-electron chi connectivity index (χ0n) is 11.9. The first-order chi connectivity index (χ1) is 9.79. The second-order valence-electron chi connectivity index (χ2n) is 5.42. The number of nitrogens with zero attached hydrogens (tertiary/aromatic N) is 2. The van der Waals surface area contributed by atoms with Gasteiger partial charge in [0.2, 0.25) is 5.91 Å². The number of likely N-dealkylation sites (tertiary alicyclic amines) is 1. The molecule has 0 saturated carbocycles. The van der Waals surface area contributed by atoms with E-state index < -0.39 is 0 Å². The number of amides is 1. The van der Waals surface area contributed by atoms with Crippen LogP contribution in [0.25, 0.3) is 10.9 Å². The predicted molar refractivity (Wildman–Crippen MR) is 80.5 cm³/mol. The van der Waals surface area contributed by atoms with Crippen LogP contribution in [0.1, 0.15) is 18.4 Å². The molecule has 1 aromatic heterocycles. The average molecular weight is 271 g/mol. The van der Waals surface area contributed by atoms with Crippen LogP contribution in [0.4, 0.5) is 0 Å². The molecular weight excluding hydrogens is 250 g/mol. The van der Waals surface area contributed by atoms with E-state index in [2.05, 4.69) is 28.2 Å². The molecule has 0 bridgehead atoms. The van der Waals surface area contributed by atoms with Crippen molar-refractivity contribution >= 4 is 16.8 Å². The maximum Gasteiger partial charge on any atom is 0.242 e. The van der Waals surface area contributed by atoms with Crippen LogP contribution in [0.5, 0.6) is 0 Å². The van der Waals surface area contributed by atoms with Gasteiger partial charge in [-0.2, -0.15) is 0 Å². The smallest absolute Gasteiger partial charge is 0.242 e. The lowest BCUT2D eigenvalue weighted by atomic mass is 10.2. The lowest BCUT2D eigenvalue weighted by molar-refractivity contribution is -0.130. The van der Waals surface area contributed by atoms with Crippen molar-refractivity contribution in [3.63, 3.8) is 0 Å². The summed E-state index contributed by atoms with van der Waals surface area (Å²) in [6.07, 6.45) is 4.39. The summed E-state index contributed by atoms with van der Waals surface area (Å²) in [7, 11) is 1.95. The van der Waals surface area contributed by atoms with Gasteiger partial charge < -0.3 is 14.8 Å². The number of rotatable bonds is 4. The lowest BCUT2D eigenvalue weighted by Crippen LogP contribution is -2.30. The Kier molecular flexibility index (Phi) is 3.74. The van der Waals surface area contributed by atoms with Gasteiger partial charge in [0.25, 0.3) is 0 Å². The highest BCUT2D eigenvalue weighted by molar-refractivity contribution is 5.86. The Morgan fingerprint density at radius 2 is 2.00 bits per heavy atom. The van der Waals surface area contributed by atoms with Gasteiger partial charge in [-0.05, 0) is 31.5 Å². The Morgan fingerprint density at radius 1 is 1.25 bits per heavy atom. The Bertz CT molecular complexity index is 611. The number of hydrogen-bond donors (Lipinski definition) is 1. The van der Waals surface area contributed by atoms with Crippen molar-refractivity contribution in [3.05, 3.63) is 36.0 Å². The molecule has 0 aliphatic carbocycles. The van der Waals surface area contributed by atoms with Crippen LogP contribution in [-0.2, 0) is 17.9 Å². The molecule has 0 spiro atoms. The monoisotopic (exact) mass is 271 g/mol. The molecule has 4 nitrogen and oxygen atoms in total. The molecule has 1 aliphatic heterocycles. The summed E-state index contributed by atoms with van der Waals surface area (Å²) in [5, 5.41) is 4.42. The maximum atomic E-state index is 12.3. The number of fused-ring (bicyclic) bond motifs is 1. The van der Waals surface area contributed by atoms with Crippen molar-refractivity contribution in [2.75, 3.05) is 20.1 Å².